The third-order valence-corrected chi connectivity index (χ3v) is 4.09. The Morgan fingerprint density at radius 2 is 1.65 bits per heavy atom. The van der Waals surface area contributed by atoms with Gasteiger partial charge in [-0.25, -0.2) is 4.79 Å². The molecule has 0 aromatic heterocycles. The van der Waals surface area contributed by atoms with Crippen molar-refractivity contribution in [3.05, 3.63) is 77.4 Å². The molecule has 2 aromatic carbocycles. The predicted molar refractivity (Wildman–Crippen MR) is 104 cm³/mol. The molecule has 136 valence electrons. The second-order valence-electron chi connectivity index (χ2n) is 6.02. The van der Waals surface area contributed by atoms with Crippen LogP contribution in [-0.2, 0) is 9.53 Å². The number of rotatable bonds is 8. The smallest absolute Gasteiger partial charge is 0.407 e. The van der Waals surface area contributed by atoms with Gasteiger partial charge in [-0.2, -0.15) is 0 Å². The molecule has 0 aliphatic carbocycles. The lowest BCUT2D eigenvalue weighted by Gasteiger charge is -2.21. The van der Waals surface area contributed by atoms with E-state index in [1.165, 1.54) is 7.11 Å². The Bertz CT molecular complexity index is 738. The molecule has 1 unspecified atom stereocenters. The van der Waals surface area contributed by atoms with E-state index in [9.17, 15) is 9.59 Å². The molecule has 0 saturated heterocycles. The zero-order valence-corrected chi connectivity index (χ0v) is 15.3. The maximum Gasteiger partial charge on any atom is 0.407 e. The van der Waals surface area contributed by atoms with Crippen LogP contribution in [0.5, 0.6) is 0 Å². The first-order valence-corrected chi connectivity index (χ1v) is 8.85. The number of amides is 1. The van der Waals surface area contributed by atoms with Gasteiger partial charge in [0, 0.05) is 12.0 Å². The molecule has 4 heteroatoms. The number of hydrogen-bond donors (Lipinski definition) is 1. The highest BCUT2D eigenvalue weighted by Crippen LogP contribution is 2.26. The summed E-state index contributed by atoms with van der Waals surface area (Å²) in [5.41, 5.74) is 2.31. The molecule has 1 N–H and O–H groups in total. The Kier molecular flexibility index (Phi) is 7.62. The Labute approximate surface area is 154 Å². The number of nitrogens with one attached hydrogen (secondary N) is 1. The van der Waals surface area contributed by atoms with Crippen LogP contribution in [0.25, 0.3) is 6.08 Å². The van der Waals surface area contributed by atoms with E-state index in [0.29, 0.717) is 12.0 Å². The largest absolute Gasteiger partial charge is 0.453 e. The topological polar surface area (TPSA) is 55.4 Å². The number of Topliss-reactive ketones (excluding diaryl/α,β-unsaturated/α-hetero) is 1. The zero-order chi connectivity index (χ0) is 18.8. The van der Waals surface area contributed by atoms with E-state index < -0.39 is 12.1 Å². The van der Waals surface area contributed by atoms with Crippen molar-refractivity contribution in [2.24, 2.45) is 0 Å². The summed E-state index contributed by atoms with van der Waals surface area (Å²) in [5, 5.41) is 2.81. The van der Waals surface area contributed by atoms with Crippen LogP contribution < -0.4 is 5.32 Å². The number of benzene rings is 2. The first kappa shape index (κ1) is 19.4. The number of ketones is 1. The van der Waals surface area contributed by atoms with Crippen molar-refractivity contribution in [1.82, 2.24) is 5.32 Å². The fourth-order valence-corrected chi connectivity index (χ4v) is 2.70. The molecule has 2 aromatic rings. The molecule has 0 aliphatic rings. The van der Waals surface area contributed by atoms with Gasteiger partial charge in [-0.05, 0) is 23.6 Å². The van der Waals surface area contributed by atoms with Crippen molar-refractivity contribution in [2.75, 3.05) is 7.11 Å². The number of methoxy groups -OCH3 is 1. The van der Waals surface area contributed by atoms with E-state index in [1.54, 1.807) is 0 Å². The lowest BCUT2D eigenvalue weighted by Crippen LogP contribution is -2.31. The van der Waals surface area contributed by atoms with Gasteiger partial charge in [0.25, 0.3) is 0 Å². The number of carbonyl (C=O) groups excluding carboxylic acids is 2. The molecule has 0 spiro atoms. The average molecular weight is 351 g/mol. The van der Waals surface area contributed by atoms with Gasteiger partial charge in [-0.3, -0.25) is 4.79 Å². The number of alkyl carbamates (subject to hydrolysis) is 1. The van der Waals surface area contributed by atoms with Crippen LogP contribution in [0.3, 0.4) is 0 Å². The SMILES string of the molecule is CCCCC(=O)/C(=C/c1ccccc1)C(NC(=O)OC)c1ccccc1. The van der Waals surface area contributed by atoms with E-state index in [4.69, 9.17) is 4.74 Å². The molecule has 1 amide bonds. The van der Waals surface area contributed by atoms with Gasteiger partial charge in [0.05, 0.1) is 13.2 Å². The van der Waals surface area contributed by atoms with Gasteiger partial charge in [0.15, 0.2) is 5.78 Å². The van der Waals surface area contributed by atoms with Gasteiger partial charge >= 0.3 is 6.09 Å². The van der Waals surface area contributed by atoms with Gasteiger partial charge < -0.3 is 10.1 Å². The standard InChI is InChI=1S/C22H25NO3/c1-3-4-15-20(24)19(16-17-11-7-5-8-12-17)21(23-22(25)26-2)18-13-9-6-10-14-18/h5-14,16,21H,3-4,15H2,1-2H3,(H,23,25)/b19-16-. The third-order valence-electron chi connectivity index (χ3n) is 4.09. The van der Waals surface area contributed by atoms with Crippen LogP contribution in [0.2, 0.25) is 0 Å². The van der Waals surface area contributed by atoms with Gasteiger partial charge in [0.2, 0.25) is 0 Å². The molecule has 0 saturated carbocycles. The highest BCUT2D eigenvalue weighted by molar-refractivity contribution is 6.01. The summed E-state index contributed by atoms with van der Waals surface area (Å²) in [6.07, 6.45) is 3.48. The van der Waals surface area contributed by atoms with Crippen molar-refractivity contribution in [3.8, 4) is 0 Å². The number of ether oxygens (including phenoxy) is 1. The Balaban J connectivity index is 2.47. The quantitative estimate of drug-likeness (QED) is 0.686. The summed E-state index contributed by atoms with van der Waals surface area (Å²) in [6.45, 7) is 2.05. The molecule has 0 bridgehead atoms. The molecule has 4 nitrogen and oxygen atoms in total. The summed E-state index contributed by atoms with van der Waals surface area (Å²) in [7, 11) is 1.32. The molecular formula is C22H25NO3. The zero-order valence-electron chi connectivity index (χ0n) is 15.3. The number of hydrogen-bond acceptors (Lipinski definition) is 3. The molecular weight excluding hydrogens is 326 g/mol. The Morgan fingerprint density at radius 3 is 2.23 bits per heavy atom. The average Bonchev–Trinajstić information content (AvgIpc) is 2.70. The van der Waals surface area contributed by atoms with Crippen molar-refractivity contribution in [2.45, 2.75) is 32.2 Å². The summed E-state index contributed by atoms with van der Waals surface area (Å²) < 4.78 is 4.77. The van der Waals surface area contributed by atoms with Crippen molar-refractivity contribution >= 4 is 18.0 Å². The maximum atomic E-state index is 12.9. The molecule has 0 fully saturated rings. The third kappa shape index (κ3) is 5.59. The first-order valence-electron chi connectivity index (χ1n) is 8.85. The van der Waals surface area contributed by atoms with Gasteiger partial charge in [-0.1, -0.05) is 74.0 Å². The first-order chi connectivity index (χ1) is 12.7. The lowest BCUT2D eigenvalue weighted by molar-refractivity contribution is -0.115. The van der Waals surface area contributed by atoms with Crippen LogP contribution in [0.4, 0.5) is 4.79 Å². The van der Waals surface area contributed by atoms with Gasteiger partial charge in [-0.15, -0.1) is 0 Å². The van der Waals surface area contributed by atoms with E-state index in [0.717, 1.165) is 24.0 Å². The molecule has 0 heterocycles. The van der Waals surface area contributed by atoms with Crippen LogP contribution >= 0.6 is 0 Å². The number of unbranched alkanes of at least 4 members (excludes halogenated alkanes) is 1. The fraction of sp³-hybridized carbons (Fsp3) is 0.273. The highest BCUT2D eigenvalue weighted by atomic mass is 16.5. The van der Waals surface area contributed by atoms with Gasteiger partial charge in [0.1, 0.15) is 0 Å². The normalized spacial score (nSPS) is 12.3. The Morgan fingerprint density at radius 1 is 1.04 bits per heavy atom. The highest BCUT2D eigenvalue weighted by Gasteiger charge is 2.24. The fourth-order valence-electron chi connectivity index (χ4n) is 2.70. The Hall–Kier alpha value is -2.88. The van der Waals surface area contributed by atoms with Crippen LogP contribution in [0, 0.1) is 0 Å². The van der Waals surface area contributed by atoms with Crippen molar-refractivity contribution < 1.29 is 14.3 Å². The van der Waals surface area contributed by atoms with E-state index in [-0.39, 0.29) is 5.78 Å². The van der Waals surface area contributed by atoms with Crippen LogP contribution in [-0.4, -0.2) is 19.0 Å². The molecule has 26 heavy (non-hydrogen) atoms. The number of carbonyl (C=O) groups is 2. The second-order valence-corrected chi connectivity index (χ2v) is 6.02. The predicted octanol–water partition coefficient (Wildman–Crippen LogP) is 4.93. The molecule has 0 radical (unpaired) electrons. The summed E-state index contributed by atoms with van der Waals surface area (Å²) in [4.78, 5) is 24.8. The minimum absolute atomic E-state index is 0.0287. The van der Waals surface area contributed by atoms with Crippen molar-refractivity contribution in [3.63, 3.8) is 0 Å². The van der Waals surface area contributed by atoms with E-state index in [2.05, 4.69) is 12.2 Å². The molecule has 2 rings (SSSR count). The van der Waals surface area contributed by atoms with Crippen LogP contribution in [0.1, 0.15) is 43.4 Å². The maximum absolute atomic E-state index is 12.9. The minimum Gasteiger partial charge on any atom is -0.453 e. The minimum atomic E-state index is -0.568. The van der Waals surface area contributed by atoms with Crippen LogP contribution in [0.15, 0.2) is 66.2 Å². The van der Waals surface area contributed by atoms with E-state index >= 15 is 0 Å². The summed E-state index contributed by atoms with van der Waals surface area (Å²) in [6, 6.07) is 18.6. The summed E-state index contributed by atoms with van der Waals surface area (Å²) >= 11 is 0. The van der Waals surface area contributed by atoms with E-state index in [1.807, 2.05) is 66.7 Å². The molecule has 1 atom stereocenters. The van der Waals surface area contributed by atoms with Crippen molar-refractivity contribution in [1.29, 1.82) is 0 Å². The molecule has 0 aliphatic heterocycles. The second kappa shape index (κ2) is 10.2. The monoisotopic (exact) mass is 351 g/mol. The lowest BCUT2D eigenvalue weighted by atomic mass is 9.91. The summed E-state index contributed by atoms with van der Waals surface area (Å²) in [5.74, 6) is 0.0287.